The van der Waals surface area contributed by atoms with Crippen LogP contribution in [0, 0.1) is 6.92 Å². The van der Waals surface area contributed by atoms with Crippen molar-refractivity contribution >= 4 is 12.0 Å². The molecule has 1 aromatic heterocycles. The quantitative estimate of drug-likeness (QED) is 0.499. The van der Waals surface area contributed by atoms with Gasteiger partial charge in [-0.15, -0.1) is 0 Å². The van der Waals surface area contributed by atoms with E-state index in [2.05, 4.69) is 15.3 Å². The van der Waals surface area contributed by atoms with E-state index in [1.54, 1.807) is 6.20 Å². The van der Waals surface area contributed by atoms with Gasteiger partial charge in [0.05, 0.1) is 0 Å². The van der Waals surface area contributed by atoms with Gasteiger partial charge in [0.25, 0.3) is 0 Å². The second-order valence-corrected chi connectivity index (χ2v) is 5.27. The van der Waals surface area contributed by atoms with Crippen LogP contribution < -0.4 is 11.1 Å². The molecule has 6 heteroatoms. The second kappa shape index (κ2) is 7.61. The van der Waals surface area contributed by atoms with Crippen molar-refractivity contribution < 1.29 is 4.79 Å². The molecule has 0 unspecified atom stereocenters. The van der Waals surface area contributed by atoms with Gasteiger partial charge < -0.3 is 16.0 Å². The van der Waals surface area contributed by atoms with Gasteiger partial charge >= 0.3 is 6.03 Å². The largest absolute Gasteiger partial charge is 0.369 e. The Bertz CT molecular complexity index is 509. The Labute approximate surface area is 125 Å². The Morgan fingerprint density at radius 3 is 2.95 bits per heavy atom. The monoisotopic (exact) mass is 289 g/mol. The lowest BCUT2D eigenvalue weighted by Crippen LogP contribution is -2.37. The molecule has 2 rings (SSSR count). The topological polar surface area (TPSA) is 83.6 Å². The predicted molar refractivity (Wildman–Crippen MR) is 83.1 cm³/mol. The van der Waals surface area contributed by atoms with Gasteiger partial charge in [-0.1, -0.05) is 6.07 Å². The van der Waals surface area contributed by atoms with E-state index in [0.29, 0.717) is 12.5 Å². The van der Waals surface area contributed by atoms with Gasteiger partial charge in [0.2, 0.25) is 5.96 Å². The molecule has 0 spiro atoms. The summed E-state index contributed by atoms with van der Waals surface area (Å²) in [5.41, 5.74) is 8.06. The van der Waals surface area contributed by atoms with Crippen molar-refractivity contribution in [1.82, 2.24) is 15.2 Å². The van der Waals surface area contributed by atoms with Crippen LogP contribution in [0.15, 0.2) is 23.3 Å². The molecule has 1 aliphatic rings. The normalized spacial score (nSPS) is 15.3. The molecule has 3 N–H and O–H groups in total. The van der Waals surface area contributed by atoms with Gasteiger partial charge in [-0.2, -0.15) is 4.99 Å². The minimum absolute atomic E-state index is 0.325. The summed E-state index contributed by atoms with van der Waals surface area (Å²) in [5.74, 6) is 0.325. The molecule has 1 aliphatic heterocycles. The Hall–Kier alpha value is -2.11. The Morgan fingerprint density at radius 1 is 1.48 bits per heavy atom. The van der Waals surface area contributed by atoms with Crippen LogP contribution in [-0.2, 0) is 6.42 Å². The smallest absolute Gasteiger partial charge is 0.344 e. The lowest BCUT2D eigenvalue weighted by atomic mass is 10.1. The Kier molecular flexibility index (Phi) is 5.54. The highest BCUT2D eigenvalue weighted by Gasteiger charge is 2.14. The first-order chi connectivity index (χ1) is 10.2. The first kappa shape index (κ1) is 15.3. The number of aryl methyl sites for hydroxylation is 2. The summed E-state index contributed by atoms with van der Waals surface area (Å²) in [5, 5.41) is 2.77. The molecule has 6 nitrogen and oxygen atoms in total. The highest BCUT2D eigenvalue weighted by atomic mass is 16.2. The summed E-state index contributed by atoms with van der Waals surface area (Å²) in [4.78, 5) is 21.8. The number of nitrogens with one attached hydrogen (secondary N) is 1. The SMILES string of the molecule is Cc1cccnc1CCCNC(=O)N=C(N)N1CCCC1. The lowest BCUT2D eigenvalue weighted by Gasteiger charge is -2.15. The molecule has 0 aliphatic carbocycles. The van der Waals surface area contributed by atoms with E-state index in [1.807, 2.05) is 24.0 Å². The number of urea groups is 1. The third-order valence-corrected chi connectivity index (χ3v) is 3.63. The molecule has 0 radical (unpaired) electrons. The van der Waals surface area contributed by atoms with Crippen LogP contribution in [0.5, 0.6) is 0 Å². The van der Waals surface area contributed by atoms with Crippen molar-refractivity contribution in [2.24, 2.45) is 10.7 Å². The molecule has 2 amide bonds. The predicted octanol–water partition coefficient (Wildman–Crippen LogP) is 1.44. The molecular weight excluding hydrogens is 266 g/mol. The van der Waals surface area contributed by atoms with Crippen molar-refractivity contribution in [1.29, 1.82) is 0 Å². The van der Waals surface area contributed by atoms with Gasteiger partial charge in [-0.05, 0) is 44.2 Å². The third-order valence-electron chi connectivity index (χ3n) is 3.63. The first-order valence-corrected chi connectivity index (χ1v) is 7.44. The molecule has 1 aromatic rings. The highest BCUT2D eigenvalue weighted by Crippen LogP contribution is 2.07. The number of guanidine groups is 1. The molecule has 2 heterocycles. The number of nitrogens with zero attached hydrogens (tertiary/aromatic N) is 3. The van der Waals surface area contributed by atoms with Gasteiger partial charge in [0, 0.05) is 31.5 Å². The van der Waals surface area contributed by atoms with Crippen molar-refractivity contribution in [2.75, 3.05) is 19.6 Å². The van der Waals surface area contributed by atoms with Crippen LogP contribution in [0.1, 0.15) is 30.5 Å². The van der Waals surface area contributed by atoms with Crippen LogP contribution in [0.4, 0.5) is 4.79 Å². The highest BCUT2D eigenvalue weighted by molar-refractivity contribution is 5.91. The number of likely N-dealkylation sites (tertiary alicyclic amines) is 1. The van der Waals surface area contributed by atoms with Crippen LogP contribution in [0.3, 0.4) is 0 Å². The number of carbonyl (C=O) groups is 1. The fourth-order valence-corrected chi connectivity index (χ4v) is 2.39. The molecule has 114 valence electrons. The number of aromatic nitrogens is 1. The number of carbonyl (C=O) groups excluding carboxylic acids is 1. The average molecular weight is 289 g/mol. The molecule has 0 saturated carbocycles. The molecule has 0 aromatic carbocycles. The van der Waals surface area contributed by atoms with E-state index in [1.165, 1.54) is 5.56 Å². The molecule has 21 heavy (non-hydrogen) atoms. The average Bonchev–Trinajstić information content (AvgIpc) is 2.99. The lowest BCUT2D eigenvalue weighted by molar-refractivity contribution is 0.248. The van der Waals surface area contributed by atoms with Gasteiger partial charge in [0.15, 0.2) is 0 Å². The Morgan fingerprint density at radius 2 is 2.24 bits per heavy atom. The third kappa shape index (κ3) is 4.73. The molecule has 0 bridgehead atoms. The zero-order chi connectivity index (χ0) is 15.1. The van der Waals surface area contributed by atoms with Crippen molar-refractivity contribution in [3.05, 3.63) is 29.6 Å². The second-order valence-electron chi connectivity index (χ2n) is 5.27. The molecular formula is C15H23N5O. The van der Waals surface area contributed by atoms with E-state index < -0.39 is 0 Å². The van der Waals surface area contributed by atoms with Crippen LogP contribution >= 0.6 is 0 Å². The summed E-state index contributed by atoms with van der Waals surface area (Å²) >= 11 is 0. The summed E-state index contributed by atoms with van der Waals surface area (Å²) in [6, 6.07) is 3.61. The van der Waals surface area contributed by atoms with E-state index in [9.17, 15) is 4.79 Å². The number of pyridine rings is 1. The van der Waals surface area contributed by atoms with Crippen molar-refractivity contribution in [2.45, 2.75) is 32.6 Å². The summed E-state index contributed by atoms with van der Waals surface area (Å²) in [6.07, 6.45) is 5.70. The maximum atomic E-state index is 11.7. The van der Waals surface area contributed by atoms with Gasteiger partial charge in [0.1, 0.15) is 0 Å². The van der Waals surface area contributed by atoms with Crippen LogP contribution in [0.25, 0.3) is 0 Å². The first-order valence-electron chi connectivity index (χ1n) is 7.44. The number of hydrogen-bond acceptors (Lipinski definition) is 2. The van der Waals surface area contributed by atoms with E-state index in [4.69, 9.17) is 5.73 Å². The molecule has 0 atom stereocenters. The standard InChI is InChI=1S/C15H23N5O/c1-12-6-4-8-17-13(12)7-5-9-18-15(21)19-14(16)20-10-2-3-11-20/h4,6,8H,2-3,5,7,9-11H2,1H3,(H3,16,18,19,21). The zero-order valence-electron chi connectivity index (χ0n) is 12.5. The van der Waals surface area contributed by atoms with E-state index >= 15 is 0 Å². The van der Waals surface area contributed by atoms with Crippen LogP contribution in [-0.4, -0.2) is 41.5 Å². The number of amides is 2. The fourth-order valence-electron chi connectivity index (χ4n) is 2.39. The molecule has 1 fully saturated rings. The number of hydrogen-bond donors (Lipinski definition) is 2. The maximum absolute atomic E-state index is 11.7. The number of nitrogens with two attached hydrogens (primary N) is 1. The summed E-state index contributed by atoms with van der Waals surface area (Å²) < 4.78 is 0. The van der Waals surface area contributed by atoms with Gasteiger partial charge in [-0.25, -0.2) is 4.79 Å². The number of aliphatic imine (C=N–C) groups is 1. The summed E-state index contributed by atoms with van der Waals surface area (Å²) in [6.45, 7) is 4.40. The van der Waals surface area contributed by atoms with Crippen molar-refractivity contribution in [3.63, 3.8) is 0 Å². The minimum Gasteiger partial charge on any atom is -0.369 e. The van der Waals surface area contributed by atoms with Crippen LogP contribution in [0.2, 0.25) is 0 Å². The van der Waals surface area contributed by atoms with E-state index in [-0.39, 0.29) is 6.03 Å². The van der Waals surface area contributed by atoms with E-state index in [0.717, 1.165) is 44.5 Å². The summed E-state index contributed by atoms with van der Waals surface area (Å²) in [7, 11) is 0. The zero-order valence-corrected chi connectivity index (χ0v) is 12.5. The minimum atomic E-state index is -0.364. The maximum Gasteiger partial charge on any atom is 0.344 e. The number of rotatable bonds is 4. The van der Waals surface area contributed by atoms with Crippen molar-refractivity contribution in [3.8, 4) is 0 Å². The Balaban J connectivity index is 1.69. The van der Waals surface area contributed by atoms with Gasteiger partial charge in [-0.3, -0.25) is 4.98 Å². The molecule has 1 saturated heterocycles. The fraction of sp³-hybridized carbons (Fsp3) is 0.533.